The molecule has 1 atom stereocenters. The minimum atomic E-state index is 0.696. The monoisotopic (exact) mass is 234 g/mol. The van der Waals surface area contributed by atoms with Crippen LogP contribution in [0.15, 0.2) is 24.3 Å². The highest BCUT2D eigenvalue weighted by atomic mass is 16.5. The molecule has 0 amide bonds. The van der Waals surface area contributed by atoms with Crippen molar-refractivity contribution in [3.8, 4) is 5.75 Å². The number of likely N-dealkylation sites (N-methyl/N-ethyl adjacent to an activating group) is 1. The Hall–Kier alpha value is -1.06. The number of methoxy groups -OCH3 is 1. The molecule has 1 saturated heterocycles. The summed E-state index contributed by atoms with van der Waals surface area (Å²) in [4.78, 5) is 2.57. The number of rotatable bonds is 5. The van der Waals surface area contributed by atoms with Crippen LogP contribution >= 0.6 is 0 Å². The van der Waals surface area contributed by atoms with Crippen LogP contribution in [-0.2, 0) is 6.54 Å². The predicted molar refractivity (Wildman–Crippen MR) is 70.4 cm³/mol. The molecule has 1 aromatic carbocycles. The molecule has 3 nitrogen and oxygen atoms in total. The van der Waals surface area contributed by atoms with Crippen molar-refractivity contribution in [1.82, 2.24) is 10.2 Å². The zero-order valence-corrected chi connectivity index (χ0v) is 10.8. The Bertz CT molecular complexity index is 337. The summed E-state index contributed by atoms with van der Waals surface area (Å²) in [5.74, 6) is 0.932. The molecule has 1 aliphatic heterocycles. The molecular weight excluding hydrogens is 212 g/mol. The Morgan fingerprint density at radius 1 is 1.35 bits per heavy atom. The minimum absolute atomic E-state index is 0.696. The molecule has 0 saturated carbocycles. The van der Waals surface area contributed by atoms with Crippen molar-refractivity contribution >= 4 is 0 Å². The predicted octanol–water partition coefficient (Wildman–Crippen LogP) is 1.88. The molecule has 0 spiro atoms. The van der Waals surface area contributed by atoms with E-state index in [9.17, 15) is 0 Å². The largest absolute Gasteiger partial charge is 0.497 e. The van der Waals surface area contributed by atoms with Gasteiger partial charge in [-0.1, -0.05) is 12.1 Å². The van der Waals surface area contributed by atoms with Gasteiger partial charge in [-0.3, -0.25) is 4.90 Å². The lowest BCUT2D eigenvalue weighted by Crippen LogP contribution is -2.36. The molecule has 1 aliphatic rings. The highest BCUT2D eigenvalue weighted by Gasteiger charge is 2.23. The van der Waals surface area contributed by atoms with E-state index in [1.54, 1.807) is 7.11 Å². The van der Waals surface area contributed by atoms with Gasteiger partial charge in [0.2, 0.25) is 0 Å². The van der Waals surface area contributed by atoms with E-state index >= 15 is 0 Å². The lowest BCUT2D eigenvalue weighted by molar-refractivity contribution is 0.242. The number of benzene rings is 1. The maximum Gasteiger partial charge on any atom is 0.118 e. The van der Waals surface area contributed by atoms with E-state index in [4.69, 9.17) is 4.74 Å². The molecule has 2 rings (SSSR count). The van der Waals surface area contributed by atoms with Crippen molar-refractivity contribution in [1.29, 1.82) is 0 Å². The van der Waals surface area contributed by atoms with Crippen molar-refractivity contribution in [2.75, 3.05) is 27.2 Å². The number of ether oxygens (including phenoxy) is 1. The Morgan fingerprint density at radius 3 is 2.76 bits per heavy atom. The third-order valence-corrected chi connectivity index (χ3v) is 3.48. The highest BCUT2D eigenvalue weighted by Crippen LogP contribution is 2.20. The number of nitrogens with zero attached hydrogens (tertiary/aromatic N) is 1. The van der Waals surface area contributed by atoms with Crippen LogP contribution in [0, 0.1) is 0 Å². The second-order valence-electron chi connectivity index (χ2n) is 4.67. The molecule has 94 valence electrons. The van der Waals surface area contributed by atoms with Crippen molar-refractivity contribution in [2.45, 2.75) is 25.4 Å². The van der Waals surface area contributed by atoms with E-state index in [2.05, 4.69) is 22.3 Å². The normalized spacial score (nSPS) is 20.7. The van der Waals surface area contributed by atoms with Crippen LogP contribution < -0.4 is 10.1 Å². The smallest absolute Gasteiger partial charge is 0.118 e. The first-order valence-corrected chi connectivity index (χ1v) is 6.35. The van der Waals surface area contributed by atoms with E-state index in [0.29, 0.717) is 6.04 Å². The van der Waals surface area contributed by atoms with Crippen LogP contribution in [0.4, 0.5) is 0 Å². The van der Waals surface area contributed by atoms with Gasteiger partial charge < -0.3 is 10.1 Å². The topological polar surface area (TPSA) is 24.5 Å². The second kappa shape index (κ2) is 6.03. The number of hydrogen-bond donors (Lipinski definition) is 1. The summed E-state index contributed by atoms with van der Waals surface area (Å²) in [5.41, 5.74) is 1.37. The van der Waals surface area contributed by atoms with Crippen LogP contribution in [-0.4, -0.2) is 38.2 Å². The van der Waals surface area contributed by atoms with Crippen LogP contribution in [0.5, 0.6) is 5.75 Å². The number of nitrogens with one attached hydrogen (secondary N) is 1. The summed E-state index contributed by atoms with van der Waals surface area (Å²) in [6, 6.07) is 9.10. The van der Waals surface area contributed by atoms with Gasteiger partial charge >= 0.3 is 0 Å². The summed E-state index contributed by atoms with van der Waals surface area (Å²) in [6.07, 6.45) is 2.64. The first-order valence-electron chi connectivity index (χ1n) is 6.35. The van der Waals surface area contributed by atoms with Gasteiger partial charge in [0.25, 0.3) is 0 Å². The molecule has 17 heavy (non-hydrogen) atoms. The zero-order valence-electron chi connectivity index (χ0n) is 10.8. The molecule has 1 heterocycles. The Kier molecular flexibility index (Phi) is 4.40. The van der Waals surface area contributed by atoms with Gasteiger partial charge in [0, 0.05) is 19.1 Å². The van der Waals surface area contributed by atoms with Crippen molar-refractivity contribution in [3.05, 3.63) is 29.8 Å². The zero-order chi connectivity index (χ0) is 12.1. The molecule has 1 aromatic rings. The van der Waals surface area contributed by atoms with E-state index in [0.717, 1.165) is 18.8 Å². The lowest BCUT2D eigenvalue weighted by atomic mass is 10.1. The molecule has 1 N–H and O–H groups in total. The SMILES string of the molecule is CNCC1CCCN1Cc1ccc(OC)cc1. The van der Waals surface area contributed by atoms with Gasteiger partial charge in [-0.05, 0) is 44.1 Å². The van der Waals surface area contributed by atoms with Gasteiger partial charge in [-0.2, -0.15) is 0 Å². The summed E-state index contributed by atoms with van der Waals surface area (Å²) in [7, 11) is 3.74. The third kappa shape index (κ3) is 3.20. The van der Waals surface area contributed by atoms with Crippen molar-refractivity contribution in [2.24, 2.45) is 0 Å². The summed E-state index contributed by atoms with van der Waals surface area (Å²) < 4.78 is 5.18. The van der Waals surface area contributed by atoms with Crippen LogP contribution in [0.2, 0.25) is 0 Å². The maximum absolute atomic E-state index is 5.18. The van der Waals surface area contributed by atoms with Gasteiger partial charge in [0.1, 0.15) is 5.75 Å². The molecule has 0 bridgehead atoms. The number of likely N-dealkylation sites (tertiary alicyclic amines) is 1. The fourth-order valence-electron chi connectivity index (χ4n) is 2.54. The van der Waals surface area contributed by atoms with Gasteiger partial charge in [-0.15, -0.1) is 0 Å². The van der Waals surface area contributed by atoms with E-state index in [-0.39, 0.29) is 0 Å². The molecule has 1 fully saturated rings. The first kappa shape index (κ1) is 12.4. The Morgan fingerprint density at radius 2 is 2.12 bits per heavy atom. The molecule has 3 heteroatoms. The average molecular weight is 234 g/mol. The standard InChI is InChI=1S/C14H22N2O/c1-15-10-13-4-3-9-16(13)11-12-5-7-14(17-2)8-6-12/h5-8,13,15H,3-4,9-11H2,1-2H3. The quantitative estimate of drug-likeness (QED) is 0.842. The Labute approximate surface area is 104 Å². The third-order valence-electron chi connectivity index (χ3n) is 3.48. The lowest BCUT2D eigenvalue weighted by Gasteiger charge is -2.24. The summed E-state index contributed by atoms with van der Waals surface area (Å²) in [6.45, 7) is 3.37. The average Bonchev–Trinajstić information content (AvgIpc) is 2.78. The van der Waals surface area contributed by atoms with Crippen molar-refractivity contribution in [3.63, 3.8) is 0 Å². The van der Waals surface area contributed by atoms with Gasteiger partial charge in [0.05, 0.1) is 7.11 Å². The fraction of sp³-hybridized carbons (Fsp3) is 0.571. The van der Waals surface area contributed by atoms with Gasteiger partial charge in [-0.25, -0.2) is 0 Å². The fourth-order valence-corrected chi connectivity index (χ4v) is 2.54. The van der Waals surface area contributed by atoms with Crippen LogP contribution in [0.3, 0.4) is 0 Å². The van der Waals surface area contributed by atoms with E-state index < -0.39 is 0 Å². The molecular formula is C14H22N2O. The van der Waals surface area contributed by atoms with Gasteiger partial charge in [0.15, 0.2) is 0 Å². The summed E-state index contributed by atoms with van der Waals surface area (Å²) in [5, 5.41) is 3.28. The first-order chi connectivity index (χ1) is 8.33. The van der Waals surface area contributed by atoms with E-state index in [1.165, 1.54) is 24.9 Å². The molecule has 0 aliphatic carbocycles. The summed E-state index contributed by atoms with van der Waals surface area (Å²) >= 11 is 0. The van der Waals surface area contributed by atoms with Crippen molar-refractivity contribution < 1.29 is 4.74 Å². The van der Waals surface area contributed by atoms with Crippen LogP contribution in [0.1, 0.15) is 18.4 Å². The molecule has 1 unspecified atom stereocenters. The maximum atomic E-state index is 5.18. The minimum Gasteiger partial charge on any atom is -0.497 e. The molecule has 0 aromatic heterocycles. The Balaban J connectivity index is 1.94. The van der Waals surface area contributed by atoms with E-state index in [1.807, 2.05) is 19.2 Å². The second-order valence-corrected chi connectivity index (χ2v) is 4.67. The highest BCUT2D eigenvalue weighted by molar-refractivity contribution is 5.27. The van der Waals surface area contributed by atoms with Crippen LogP contribution in [0.25, 0.3) is 0 Å². The molecule has 0 radical (unpaired) electrons. The number of hydrogen-bond acceptors (Lipinski definition) is 3.